The number of nitrogens with zero attached hydrogens (tertiary/aromatic N) is 5. The van der Waals surface area contributed by atoms with Gasteiger partial charge in [-0.05, 0) is 37.8 Å². The Morgan fingerprint density at radius 2 is 1.91 bits per heavy atom. The van der Waals surface area contributed by atoms with E-state index in [4.69, 9.17) is 4.98 Å². The van der Waals surface area contributed by atoms with Gasteiger partial charge in [0.1, 0.15) is 0 Å². The highest BCUT2D eigenvalue weighted by Crippen LogP contribution is 2.37. The fourth-order valence-corrected chi connectivity index (χ4v) is 3.30. The van der Waals surface area contributed by atoms with Crippen molar-refractivity contribution in [1.82, 2.24) is 15.2 Å². The monoisotopic (exact) mass is 311 g/mol. The van der Waals surface area contributed by atoms with Crippen LogP contribution in [0.5, 0.6) is 0 Å². The predicted molar refractivity (Wildman–Crippen MR) is 94.4 cm³/mol. The van der Waals surface area contributed by atoms with Crippen molar-refractivity contribution in [2.75, 3.05) is 22.9 Å². The van der Waals surface area contributed by atoms with E-state index in [0.717, 1.165) is 44.1 Å². The van der Waals surface area contributed by atoms with Gasteiger partial charge in [-0.25, -0.2) is 0 Å². The Hall–Kier alpha value is -2.17. The zero-order valence-corrected chi connectivity index (χ0v) is 14.2. The van der Waals surface area contributed by atoms with Gasteiger partial charge >= 0.3 is 0 Å². The van der Waals surface area contributed by atoms with E-state index in [9.17, 15) is 0 Å². The van der Waals surface area contributed by atoms with Crippen LogP contribution in [0.4, 0.5) is 17.5 Å². The summed E-state index contributed by atoms with van der Waals surface area (Å²) in [5.74, 6) is 1.63. The van der Waals surface area contributed by atoms with E-state index >= 15 is 0 Å². The molecule has 2 aromatic rings. The number of para-hydroxylation sites is 1. The number of hydrogen-bond donors (Lipinski definition) is 0. The summed E-state index contributed by atoms with van der Waals surface area (Å²) in [4.78, 5) is 9.33. The standard InChI is InChI=1S/C18H25N5/c1-4-10-22(11-5-2)18-20-17(13-19-21-18)23-14(3)12-15-8-6-7-9-16(15)23/h6-9,13-14H,4-5,10-12H2,1-3H3. The van der Waals surface area contributed by atoms with Crippen LogP contribution in [0, 0.1) is 0 Å². The molecule has 0 saturated heterocycles. The number of fused-ring (bicyclic) bond motifs is 1. The average molecular weight is 311 g/mol. The molecule has 122 valence electrons. The van der Waals surface area contributed by atoms with Gasteiger partial charge in [0.05, 0.1) is 6.20 Å². The molecule has 0 spiro atoms. The third kappa shape index (κ3) is 3.14. The van der Waals surface area contributed by atoms with Crippen molar-refractivity contribution in [3.8, 4) is 0 Å². The van der Waals surface area contributed by atoms with E-state index in [1.165, 1.54) is 11.3 Å². The number of benzene rings is 1. The Morgan fingerprint density at radius 3 is 2.65 bits per heavy atom. The van der Waals surface area contributed by atoms with E-state index in [0.29, 0.717) is 6.04 Å². The quantitative estimate of drug-likeness (QED) is 0.816. The summed E-state index contributed by atoms with van der Waals surface area (Å²) in [5.41, 5.74) is 2.61. The maximum atomic E-state index is 4.82. The minimum Gasteiger partial charge on any atom is -0.339 e. The number of hydrogen-bond acceptors (Lipinski definition) is 5. The molecule has 0 N–H and O–H groups in total. The number of anilines is 3. The highest BCUT2D eigenvalue weighted by atomic mass is 15.4. The highest BCUT2D eigenvalue weighted by molar-refractivity contribution is 5.68. The Labute approximate surface area is 138 Å². The fourth-order valence-electron chi connectivity index (χ4n) is 3.30. The van der Waals surface area contributed by atoms with Crippen LogP contribution in [0.2, 0.25) is 0 Å². The lowest BCUT2D eigenvalue weighted by molar-refractivity contribution is 0.700. The van der Waals surface area contributed by atoms with Gasteiger partial charge in [-0.15, -0.1) is 5.10 Å². The Balaban J connectivity index is 1.93. The molecule has 1 aromatic carbocycles. The largest absolute Gasteiger partial charge is 0.339 e. The summed E-state index contributed by atoms with van der Waals surface area (Å²) in [7, 11) is 0. The van der Waals surface area contributed by atoms with Crippen molar-refractivity contribution < 1.29 is 0 Å². The third-order valence-corrected chi connectivity index (χ3v) is 4.26. The van der Waals surface area contributed by atoms with Crippen LogP contribution in [-0.4, -0.2) is 34.3 Å². The highest BCUT2D eigenvalue weighted by Gasteiger charge is 2.28. The lowest BCUT2D eigenvalue weighted by atomic mass is 10.1. The van der Waals surface area contributed by atoms with Crippen LogP contribution in [0.1, 0.15) is 39.2 Å². The van der Waals surface area contributed by atoms with Crippen molar-refractivity contribution in [3.63, 3.8) is 0 Å². The van der Waals surface area contributed by atoms with E-state index in [2.05, 4.69) is 65.0 Å². The molecule has 5 nitrogen and oxygen atoms in total. The van der Waals surface area contributed by atoms with E-state index in [1.807, 2.05) is 0 Å². The molecule has 1 unspecified atom stereocenters. The minimum atomic E-state index is 0.391. The first-order valence-electron chi connectivity index (χ1n) is 8.56. The minimum absolute atomic E-state index is 0.391. The molecule has 0 aliphatic carbocycles. The lowest BCUT2D eigenvalue weighted by Crippen LogP contribution is -2.29. The van der Waals surface area contributed by atoms with E-state index < -0.39 is 0 Å². The van der Waals surface area contributed by atoms with E-state index in [-0.39, 0.29) is 0 Å². The molecule has 0 saturated carbocycles. The number of rotatable bonds is 6. The molecule has 23 heavy (non-hydrogen) atoms. The SMILES string of the molecule is CCCN(CCC)c1nncc(N2c3ccccc3CC2C)n1. The first-order chi connectivity index (χ1) is 11.2. The normalized spacial score (nSPS) is 16.5. The predicted octanol–water partition coefficient (Wildman–Crippen LogP) is 3.58. The summed E-state index contributed by atoms with van der Waals surface area (Å²) in [5, 5.41) is 8.49. The van der Waals surface area contributed by atoms with Crippen molar-refractivity contribution >= 4 is 17.5 Å². The Kier molecular flexibility index (Phi) is 4.74. The van der Waals surface area contributed by atoms with Gasteiger partial charge in [0, 0.05) is 24.8 Å². The summed E-state index contributed by atoms with van der Waals surface area (Å²) >= 11 is 0. The molecule has 1 aliphatic rings. The molecular weight excluding hydrogens is 286 g/mol. The van der Waals surface area contributed by atoms with Gasteiger partial charge in [0.2, 0.25) is 5.95 Å². The van der Waals surface area contributed by atoms with Crippen LogP contribution >= 0.6 is 0 Å². The second kappa shape index (κ2) is 6.94. The maximum Gasteiger partial charge on any atom is 0.247 e. The van der Waals surface area contributed by atoms with Crippen molar-refractivity contribution in [2.24, 2.45) is 0 Å². The van der Waals surface area contributed by atoms with Gasteiger partial charge in [0.25, 0.3) is 0 Å². The van der Waals surface area contributed by atoms with E-state index in [1.54, 1.807) is 6.20 Å². The molecule has 5 heteroatoms. The van der Waals surface area contributed by atoms with Gasteiger partial charge in [-0.3, -0.25) is 0 Å². The van der Waals surface area contributed by atoms with Crippen molar-refractivity contribution in [1.29, 1.82) is 0 Å². The first kappa shape index (κ1) is 15.7. The number of aromatic nitrogens is 3. The zero-order valence-electron chi connectivity index (χ0n) is 14.2. The van der Waals surface area contributed by atoms with Crippen LogP contribution in [-0.2, 0) is 6.42 Å². The van der Waals surface area contributed by atoms with Crippen LogP contribution in [0.3, 0.4) is 0 Å². The summed E-state index contributed by atoms with van der Waals surface area (Å²) in [6, 6.07) is 8.93. The smallest absolute Gasteiger partial charge is 0.247 e. The molecule has 0 amide bonds. The van der Waals surface area contributed by atoms with Gasteiger partial charge < -0.3 is 9.80 Å². The van der Waals surface area contributed by atoms with Crippen LogP contribution in [0.25, 0.3) is 0 Å². The molecule has 1 aromatic heterocycles. The second-order valence-corrected chi connectivity index (χ2v) is 6.15. The lowest BCUT2D eigenvalue weighted by Gasteiger charge is -2.26. The first-order valence-corrected chi connectivity index (χ1v) is 8.56. The molecule has 3 rings (SSSR count). The molecular formula is C18H25N5. The van der Waals surface area contributed by atoms with Gasteiger partial charge in [-0.2, -0.15) is 10.1 Å². The summed E-state index contributed by atoms with van der Waals surface area (Å²) in [6.45, 7) is 8.52. The fraction of sp³-hybridized carbons (Fsp3) is 0.500. The Morgan fingerprint density at radius 1 is 1.17 bits per heavy atom. The zero-order chi connectivity index (χ0) is 16.2. The second-order valence-electron chi connectivity index (χ2n) is 6.15. The van der Waals surface area contributed by atoms with Gasteiger partial charge in [-0.1, -0.05) is 32.0 Å². The average Bonchev–Trinajstić information content (AvgIpc) is 2.90. The topological polar surface area (TPSA) is 45.2 Å². The summed E-state index contributed by atoms with van der Waals surface area (Å²) < 4.78 is 0. The molecule has 1 aliphatic heterocycles. The molecule has 2 heterocycles. The third-order valence-electron chi connectivity index (χ3n) is 4.26. The molecule has 0 bridgehead atoms. The maximum absolute atomic E-state index is 4.82. The van der Waals surface area contributed by atoms with Crippen LogP contribution < -0.4 is 9.80 Å². The van der Waals surface area contributed by atoms with Gasteiger partial charge in [0.15, 0.2) is 5.82 Å². The van der Waals surface area contributed by atoms with Crippen molar-refractivity contribution in [3.05, 3.63) is 36.0 Å². The van der Waals surface area contributed by atoms with Crippen molar-refractivity contribution in [2.45, 2.75) is 46.1 Å². The van der Waals surface area contributed by atoms with Crippen LogP contribution in [0.15, 0.2) is 30.5 Å². The Bertz CT molecular complexity index is 651. The molecule has 0 fully saturated rings. The molecule has 1 atom stereocenters. The summed E-state index contributed by atoms with van der Waals surface area (Å²) in [6.07, 6.45) is 4.98. The molecule has 0 radical (unpaired) electrons.